The van der Waals surface area contributed by atoms with E-state index in [9.17, 15) is 4.79 Å². The van der Waals surface area contributed by atoms with Crippen molar-refractivity contribution in [2.75, 3.05) is 13.1 Å². The van der Waals surface area contributed by atoms with Gasteiger partial charge in [-0.15, -0.1) is 0 Å². The molecule has 0 aromatic heterocycles. The van der Waals surface area contributed by atoms with E-state index in [1.54, 1.807) is 0 Å². The van der Waals surface area contributed by atoms with Crippen LogP contribution in [0, 0.1) is 13.0 Å². The lowest BCUT2D eigenvalue weighted by Crippen LogP contribution is -2.35. The lowest BCUT2D eigenvalue weighted by Gasteiger charge is -2.20. The van der Waals surface area contributed by atoms with Gasteiger partial charge in [0.15, 0.2) is 0 Å². The summed E-state index contributed by atoms with van der Waals surface area (Å²) in [6, 6.07) is 0. The van der Waals surface area contributed by atoms with Crippen LogP contribution in [0.3, 0.4) is 0 Å². The Labute approximate surface area is 61.2 Å². The summed E-state index contributed by atoms with van der Waals surface area (Å²) in [5.41, 5.74) is 0. The maximum atomic E-state index is 10.9. The van der Waals surface area contributed by atoms with Crippen molar-refractivity contribution < 1.29 is 4.79 Å². The van der Waals surface area contributed by atoms with Crippen molar-refractivity contribution in [3.8, 4) is 0 Å². The van der Waals surface area contributed by atoms with E-state index < -0.39 is 0 Å². The molecule has 1 aliphatic rings. The molecule has 3 heteroatoms. The van der Waals surface area contributed by atoms with Crippen LogP contribution < -0.4 is 10.6 Å². The van der Waals surface area contributed by atoms with Gasteiger partial charge in [0.1, 0.15) is 0 Å². The molecular weight excluding hydrogens is 128 g/mol. The highest BCUT2D eigenvalue weighted by Crippen LogP contribution is 2.10. The van der Waals surface area contributed by atoms with Gasteiger partial charge in [0.05, 0.1) is 7.05 Å². The topological polar surface area (TPSA) is 41.1 Å². The van der Waals surface area contributed by atoms with E-state index in [0.717, 1.165) is 25.9 Å². The van der Waals surface area contributed by atoms with Gasteiger partial charge in [0, 0.05) is 5.92 Å². The first-order valence-corrected chi connectivity index (χ1v) is 3.56. The predicted octanol–water partition coefficient (Wildman–Crippen LogP) is -0.229. The van der Waals surface area contributed by atoms with Crippen LogP contribution in [-0.4, -0.2) is 19.0 Å². The first-order valence-electron chi connectivity index (χ1n) is 3.56. The lowest BCUT2D eigenvalue weighted by molar-refractivity contribution is -0.124. The standard InChI is InChI=1S/C7H12N2O/c1-8-7(10)6-2-4-9-5-3-6/h1,6,9H,2-5H2,(H,8,10). The van der Waals surface area contributed by atoms with Gasteiger partial charge in [-0.1, -0.05) is 0 Å². The highest BCUT2D eigenvalue weighted by Gasteiger charge is 2.18. The number of rotatable bonds is 1. The van der Waals surface area contributed by atoms with Gasteiger partial charge in [-0.05, 0) is 25.9 Å². The molecule has 0 aliphatic carbocycles. The molecule has 3 nitrogen and oxygen atoms in total. The molecule has 0 spiro atoms. The van der Waals surface area contributed by atoms with Gasteiger partial charge in [-0.25, -0.2) is 0 Å². The molecule has 10 heavy (non-hydrogen) atoms. The molecule has 0 bridgehead atoms. The predicted molar refractivity (Wildman–Crippen MR) is 38.0 cm³/mol. The average Bonchev–Trinajstić information content (AvgIpc) is 2.05. The maximum absolute atomic E-state index is 10.9. The van der Waals surface area contributed by atoms with Gasteiger partial charge in [0.2, 0.25) is 5.91 Å². The number of nitrogens with one attached hydrogen (secondary N) is 2. The Morgan fingerprint density at radius 1 is 1.50 bits per heavy atom. The van der Waals surface area contributed by atoms with E-state index in [1.807, 2.05) is 0 Å². The van der Waals surface area contributed by atoms with Crippen LogP contribution >= 0.6 is 0 Å². The summed E-state index contributed by atoms with van der Waals surface area (Å²) < 4.78 is 0. The van der Waals surface area contributed by atoms with E-state index in [-0.39, 0.29) is 11.8 Å². The van der Waals surface area contributed by atoms with Crippen molar-refractivity contribution in [3.05, 3.63) is 7.05 Å². The van der Waals surface area contributed by atoms with Gasteiger partial charge in [-0.2, -0.15) is 0 Å². The number of hydrogen-bond donors (Lipinski definition) is 2. The average molecular weight is 140 g/mol. The number of amides is 1. The van der Waals surface area contributed by atoms with Crippen LogP contribution in [0.2, 0.25) is 0 Å². The lowest BCUT2D eigenvalue weighted by atomic mass is 9.97. The van der Waals surface area contributed by atoms with E-state index in [0.29, 0.717) is 0 Å². The minimum atomic E-state index is -0.0264. The van der Waals surface area contributed by atoms with Crippen molar-refractivity contribution in [1.29, 1.82) is 0 Å². The van der Waals surface area contributed by atoms with Crippen LogP contribution in [0.4, 0.5) is 0 Å². The van der Waals surface area contributed by atoms with Crippen LogP contribution in [0.25, 0.3) is 0 Å². The van der Waals surface area contributed by atoms with E-state index in [4.69, 9.17) is 7.05 Å². The summed E-state index contributed by atoms with van der Waals surface area (Å²) in [5, 5.41) is 5.34. The zero-order chi connectivity index (χ0) is 7.40. The molecule has 0 saturated carbocycles. The Morgan fingerprint density at radius 2 is 2.10 bits per heavy atom. The molecule has 2 N–H and O–H groups in total. The SMILES string of the molecule is [CH]NC(=O)C1CCNCC1. The normalized spacial score (nSPS) is 20.5. The summed E-state index contributed by atoms with van der Waals surface area (Å²) in [4.78, 5) is 10.9. The molecule has 56 valence electrons. The van der Waals surface area contributed by atoms with Gasteiger partial charge in [0.25, 0.3) is 0 Å². The zero-order valence-electron chi connectivity index (χ0n) is 5.89. The number of hydrogen-bond acceptors (Lipinski definition) is 2. The molecular formula is C7H12N2O. The molecule has 2 radical (unpaired) electrons. The second-order valence-electron chi connectivity index (χ2n) is 2.53. The Kier molecular flexibility index (Phi) is 2.68. The molecule has 1 heterocycles. The molecule has 0 aromatic carbocycles. The first-order chi connectivity index (χ1) is 4.84. The molecule has 1 amide bonds. The fourth-order valence-corrected chi connectivity index (χ4v) is 1.20. The number of piperidine rings is 1. The third-order valence-corrected chi connectivity index (χ3v) is 1.85. The maximum Gasteiger partial charge on any atom is 0.223 e. The molecule has 1 rings (SSSR count). The number of carbonyl (C=O) groups excluding carboxylic acids is 1. The first kappa shape index (κ1) is 7.54. The summed E-state index contributed by atoms with van der Waals surface area (Å²) in [6.07, 6.45) is 1.81. The highest BCUT2D eigenvalue weighted by molar-refractivity contribution is 5.78. The van der Waals surface area contributed by atoms with Crippen LogP contribution in [0.15, 0.2) is 0 Å². The monoisotopic (exact) mass is 140 g/mol. The smallest absolute Gasteiger partial charge is 0.223 e. The van der Waals surface area contributed by atoms with E-state index in [2.05, 4.69) is 10.6 Å². The fraction of sp³-hybridized carbons (Fsp3) is 0.714. The zero-order valence-corrected chi connectivity index (χ0v) is 5.89. The molecule has 0 aromatic rings. The van der Waals surface area contributed by atoms with Crippen molar-refractivity contribution in [2.24, 2.45) is 5.92 Å². The van der Waals surface area contributed by atoms with Crippen molar-refractivity contribution >= 4 is 5.91 Å². The third kappa shape index (κ3) is 1.70. The highest BCUT2D eigenvalue weighted by atomic mass is 16.1. The molecule has 0 atom stereocenters. The Bertz CT molecular complexity index is 119. The second-order valence-corrected chi connectivity index (χ2v) is 2.53. The van der Waals surface area contributed by atoms with E-state index >= 15 is 0 Å². The van der Waals surface area contributed by atoms with Crippen LogP contribution in [-0.2, 0) is 4.79 Å². The third-order valence-electron chi connectivity index (χ3n) is 1.85. The van der Waals surface area contributed by atoms with E-state index in [1.165, 1.54) is 0 Å². The van der Waals surface area contributed by atoms with Crippen LogP contribution in [0.1, 0.15) is 12.8 Å². The Morgan fingerprint density at radius 3 is 2.60 bits per heavy atom. The minimum absolute atomic E-state index is 0.0264. The summed E-state index contributed by atoms with van der Waals surface area (Å²) in [7, 11) is 4.98. The summed E-state index contributed by atoms with van der Waals surface area (Å²) in [6.45, 7) is 1.86. The molecule has 1 aliphatic heterocycles. The molecule has 0 unspecified atom stereocenters. The Hall–Kier alpha value is -0.570. The van der Waals surface area contributed by atoms with Crippen LogP contribution in [0.5, 0.6) is 0 Å². The van der Waals surface area contributed by atoms with Crippen molar-refractivity contribution in [1.82, 2.24) is 10.6 Å². The largest absolute Gasteiger partial charge is 0.349 e. The van der Waals surface area contributed by atoms with Gasteiger partial charge >= 0.3 is 0 Å². The Balaban J connectivity index is 2.31. The molecule has 1 fully saturated rings. The summed E-state index contributed by atoms with van der Waals surface area (Å²) in [5.74, 6) is 0.104. The van der Waals surface area contributed by atoms with Gasteiger partial charge in [-0.3, -0.25) is 4.79 Å². The minimum Gasteiger partial charge on any atom is -0.349 e. The number of carbonyl (C=O) groups is 1. The van der Waals surface area contributed by atoms with Gasteiger partial charge < -0.3 is 10.6 Å². The molecule has 1 saturated heterocycles. The van der Waals surface area contributed by atoms with Crippen molar-refractivity contribution in [2.45, 2.75) is 12.8 Å². The quantitative estimate of drug-likeness (QED) is 0.494. The summed E-state index contributed by atoms with van der Waals surface area (Å²) >= 11 is 0. The van der Waals surface area contributed by atoms with Crippen molar-refractivity contribution in [3.63, 3.8) is 0 Å². The fourth-order valence-electron chi connectivity index (χ4n) is 1.20. The second kappa shape index (κ2) is 3.56.